The van der Waals surface area contributed by atoms with E-state index in [0.717, 1.165) is 40.8 Å². The number of fused-ring (bicyclic) bond motifs is 1. The maximum absolute atomic E-state index is 14.7. The molecule has 0 amide bonds. The molecule has 0 unspecified atom stereocenters. The number of hydrogen-bond donors (Lipinski definition) is 2. The second kappa shape index (κ2) is 8.73. The third-order valence-electron chi connectivity index (χ3n) is 6.46. The number of hydrogen-bond acceptors (Lipinski definition) is 7. The Labute approximate surface area is 186 Å². The zero-order valence-electron chi connectivity index (χ0n) is 18.5. The maximum Gasteiger partial charge on any atom is 0.159 e. The number of benzene rings is 1. The second-order valence-electron chi connectivity index (χ2n) is 8.69. The Hall–Kier alpha value is -2.62. The van der Waals surface area contributed by atoms with Gasteiger partial charge in [0.25, 0.3) is 0 Å². The summed E-state index contributed by atoms with van der Waals surface area (Å²) >= 11 is 0. The molecule has 5 rings (SSSR count). The molecule has 0 aliphatic carbocycles. The summed E-state index contributed by atoms with van der Waals surface area (Å²) in [5, 5.41) is 18.2. The molecular weight excluding hydrogens is 411 g/mol. The van der Waals surface area contributed by atoms with Gasteiger partial charge in [0.1, 0.15) is 17.8 Å². The molecule has 2 aromatic heterocycles. The van der Waals surface area contributed by atoms with Gasteiger partial charge in [0.05, 0.1) is 31.0 Å². The molecule has 8 nitrogen and oxygen atoms in total. The average molecular weight is 441 g/mol. The quantitative estimate of drug-likeness (QED) is 0.642. The van der Waals surface area contributed by atoms with E-state index in [2.05, 4.69) is 37.4 Å². The highest BCUT2D eigenvalue weighted by atomic mass is 19.1. The number of aliphatic hydroxyl groups is 1. The lowest BCUT2D eigenvalue weighted by Crippen LogP contribution is -2.44. The second-order valence-corrected chi connectivity index (χ2v) is 8.69. The van der Waals surface area contributed by atoms with E-state index in [4.69, 9.17) is 4.74 Å². The number of aryl methyl sites for hydroxylation is 2. The van der Waals surface area contributed by atoms with Crippen molar-refractivity contribution in [2.45, 2.75) is 38.5 Å². The van der Waals surface area contributed by atoms with Crippen molar-refractivity contribution in [2.75, 3.05) is 44.3 Å². The van der Waals surface area contributed by atoms with Gasteiger partial charge in [-0.05, 0) is 50.1 Å². The zero-order valence-corrected chi connectivity index (χ0v) is 18.5. The molecule has 2 saturated heterocycles. The summed E-state index contributed by atoms with van der Waals surface area (Å²) in [6, 6.07) is 6.08. The molecule has 1 aromatic carbocycles. The largest absolute Gasteiger partial charge is 0.394 e. The van der Waals surface area contributed by atoms with Gasteiger partial charge in [-0.15, -0.1) is 0 Å². The number of aromatic nitrogens is 4. The van der Waals surface area contributed by atoms with Gasteiger partial charge in [-0.3, -0.25) is 0 Å². The molecule has 2 aliphatic rings. The third kappa shape index (κ3) is 3.96. The van der Waals surface area contributed by atoms with Crippen LogP contribution in [0.1, 0.15) is 29.3 Å². The fourth-order valence-corrected chi connectivity index (χ4v) is 4.80. The van der Waals surface area contributed by atoms with Crippen molar-refractivity contribution in [3.8, 4) is 5.82 Å². The van der Waals surface area contributed by atoms with Crippen molar-refractivity contribution in [3.05, 3.63) is 41.3 Å². The van der Waals surface area contributed by atoms with Crippen LogP contribution in [0.4, 0.5) is 10.2 Å². The van der Waals surface area contributed by atoms with Crippen molar-refractivity contribution >= 4 is 16.7 Å². The van der Waals surface area contributed by atoms with Crippen LogP contribution >= 0.6 is 0 Å². The van der Waals surface area contributed by atoms with Crippen molar-refractivity contribution in [2.24, 2.45) is 0 Å². The summed E-state index contributed by atoms with van der Waals surface area (Å²) in [6.45, 7) is 6.91. The van der Waals surface area contributed by atoms with E-state index in [9.17, 15) is 9.50 Å². The molecule has 170 valence electrons. The molecular formula is C23H29FN6O2. The van der Waals surface area contributed by atoms with Gasteiger partial charge >= 0.3 is 0 Å². The fraction of sp³-hybridized carbons (Fsp3) is 0.522. The number of halogens is 1. The van der Waals surface area contributed by atoms with Crippen molar-refractivity contribution in [1.82, 2.24) is 25.1 Å². The first-order chi connectivity index (χ1) is 15.5. The highest BCUT2D eigenvalue weighted by Crippen LogP contribution is 2.33. The number of ether oxygens (including phenoxy) is 1. The van der Waals surface area contributed by atoms with Crippen LogP contribution < -0.4 is 10.2 Å². The third-order valence-corrected chi connectivity index (χ3v) is 6.46. The normalized spacial score (nSPS) is 24.2. The molecule has 0 spiro atoms. The van der Waals surface area contributed by atoms with Gasteiger partial charge in [-0.2, -0.15) is 5.10 Å². The lowest BCUT2D eigenvalue weighted by atomic mass is 9.85. The number of piperidine rings is 1. The first-order valence-electron chi connectivity index (χ1n) is 11.2. The topological polar surface area (TPSA) is 88.3 Å². The van der Waals surface area contributed by atoms with E-state index in [0.29, 0.717) is 37.9 Å². The number of morpholine rings is 1. The van der Waals surface area contributed by atoms with Crippen molar-refractivity contribution in [3.63, 3.8) is 0 Å². The first-order valence-corrected chi connectivity index (χ1v) is 11.2. The maximum atomic E-state index is 14.7. The molecule has 3 aromatic rings. The number of alkyl halides is 1. The average Bonchev–Trinajstić information content (AvgIpc) is 3.21. The molecule has 0 saturated carbocycles. The molecule has 2 N–H and O–H groups in total. The van der Waals surface area contributed by atoms with Gasteiger partial charge in [0.2, 0.25) is 0 Å². The monoisotopic (exact) mass is 440 g/mol. The molecule has 4 heterocycles. The lowest BCUT2D eigenvalue weighted by molar-refractivity contribution is 0.00335. The highest BCUT2D eigenvalue weighted by Gasteiger charge is 2.28. The van der Waals surface area contributed by atoms with Crippen LogP contribution in [0.15, 0.2) is 24.4 Å². The molecule has 32 heavy (non-hydrogen) atoms. The molecule has 2 fully saturated rings. The van der Waals surface area contributed by atoms with Crippen molar-refractivity contribution in [1.29, 1.82) is 0 Å². The summed E-state index contributed by atoms with van der Waals surface area (Å²) in [6.07, 6.45) is 1.48. The number of aliphatic hydroxyl groups excluding tert-OH is 1. The summed E-state index contributed by atoms with van der Waals surface area (Å²) < 4.78 is 22.1. The Morgan fingerprint density at radius 1 is 1.22 bits per heavy atom. The Morgan fingerprint density at radius 3 is 2.88 bits per heavy atom. The van der Waals surface area contributed by atoms with Crippen molar-refractivity contribution < 1.29 is 14.2 Å². The Kier molecular flexibility index (Phi) is 5.79. The van der Waals surface area contributed by atoms with Gasteiger partial charge < -0.3 is 20.1 Å². The van der Waals surface area contributed by atoms with Crippen LogP contribution in [0, 0.1) is 13.8 Å². The summed E-state index contributed by atoms with van der Waals surface area (Å²) in [5.74, 6) is 1.98. The van der Waals surface area contributed by atoms with E-state index in [1.54, 1.807) is 0 Å². The first kappa shape index (κ1) is 21.2. The summed E-state index contributed by atoms with van der Waals surface area (Å²) in [4.78, 5) is 11.4. The van der Waals surface area contributed by atoms with Crippen LogP contribution in [0.3, 0.4) is 0 Å². The van der Waals surface area contributed by atoms with E-state index in [1.807, 2.05) is 30.8 Å². The van der Waals surface area contributed by atoms with E-state index < -0.39 is 6.17 Å². The number of nitrogens with one attached hydrogen (secondary N) is 1. The van der Waals surface area contributed by atoms with Crippen LogP contribution in [0.25, 0.3) is 16.7 Å². The van der Waals surface area contributed by atoms with Crippen LogP contribution in [0.5, 0.6) is 0 Å². The van der Waals surface area contributed by atoms with Crippen LogP contribution in [-0.2, 0) is 4.74 Å². The van der Waals surface area contributed by atoms with Gasteiger partial charge in [-0.25, -0.2) is 19.0 Å². The summed E-state index contributed by atoms with van der Waals surface area (Å²) in [5.41, 5.74) is 3.04. The molecule has 2 aliphatic heterocycles. The lowest BCUT2D eigenvalue weighted by Gasteiger charge is -2.33. The minimum atomic E-state index is -0.898. The smallest absolute Gasteiger partial charge is 0.159 e. The summed E-state index contributed by atoms with van der Waals surface area (Å²) in [7, 11) is 0. The van der Waals surface area contributed by atoms with Crippen LogP contribution in [-0.4, -0.2) is 76.5 Å². The van der Waals surface area contributed by atoms with E-state index >= 15 is 0 Å². The molecule has 9 heteroatoms. The van der Waals surface area contributed by atoms with Gasteiger partial charge in [0.15, 0.2) is 5.82 Å². The van der Waals surface area contributed by atoms with E-state index in [-0.39, 0.29) is 18.6 Å². The number of anilines is 1. The van der Waals surface area contributed by atoms with Gasteiger partial charge in [-0.1, -0.05) is 0 Å². The highest BCUT2D eigenvalue weighted by molar-refractivity contribution is 5.82. The predicted molar refractivity (Wildman–Crippen MR) is 120 cm³/mol. The molecule has 0 bridgehead atoms. The Morgan fingerprint density at radius 2 is 2.06 bits per heavy atom. The number of nitrogens with zero attached hydrogens (tertiary/aromatic N) is 5. The van der Waals surface area contributed by atoms with Gasteiger partial charge in [0, 0.05) is 37.0 Å². The fourth-order valence-electron chi connectivity index (χ4n) is 4.80. The Bertz CT molecular complexity index is 1120. The SMILES string of the molecule is Cc1nc(N2CCO[C@H](CO)C2)cc(-n2ncc3cc(C)c([C@H]4CCNC[C@H]4F)cc32)n1. The standard InChI is InChI=1S/C23H29FN6O2/c1-14-7-16-10-26-30(21(16)8-19(14)18-3-4-25-11-20(18)24)23-9-22(27-15(2)28-23)29-5-6-32-17(12-29)13-31/h7-10,17-18,20,25,31H,3-6,11-13H2,1-2H3/t17-,18+,20+/m0/s1. The number of rotatable bonds is 4. The van der Waals surface area contributed by atoms with E-state index in [1.165, 1.54) is 0 Å². The Balaban J connectivity index is 1.54. The minimum absolute atomic E-state index is 0.0222. The van der Waals surface area contributed by atoms with Crippen LogP contribution in [0.2, 0.25) is 0 Å². The zero-order chi connectivity index (χ0) is 22.2. The molecule has 3 atom stereocenters. The minimum Gasteiger partial charge on any atom is -0.394 e. The molecule has 0 radical (unpaired) electrons. The predicted octanol–water partition coefficient (Wildman–Crippen LogP) is 2.04.